The van der Waals surface area contributed by atoms with E-state index in [9.17, 15) is 9.59 Å². The van der Waals surface area contributed by atoms with Gasteiger partial charge < -0.3 is 23.8 Å². The van der Waals surface area contributed by atoms with E-state index >= 15 is 0 Å². The lowest BCUT2D eigenvalue weighted by Gasteiger charge is -2.31. The molecule has 1 fully saturated rings. The zero-order chi connectivity index (χ0) is 23.5. The van der Waals surface area contributed by atoms with E-state index in [0.29, 0.717) is 78.3 Å². The number of ether oxygens (including phenoxy) is 4. The van der Waals surface area contributed by atoms with E-state index in [2.05, 4.69) is 0 Å². The Kier molecular flexibility index (Phi) is 6.98. The summed E-state index contributed by atoms with van der Waals surface area (Å²) in [6.45, 7) is 5.76. The second kappa shape index (κ2) is 9.91. The summed E-state index contributed by atoms with van der Waals surface area (Å²) in [5.74, 6) is 1.90. The first-order chi connectivity index (χ1) is 15.9. The maximum absolute atomic E-state index is 13.1. The molecule has 4 rings (SSSR count). The summed E-state index contributed by atoms with van der Waals surface area (Å²) in [6, 6.07) is 8.57. The van der Waals surface area contributed by atoms with Crippen molar-refractivity contribution >= 4 is 23.3 Å². The van der Waals surface area contributed by atoms with Gasteiger partial charge in [0.1, 0.15) is 13.2 Å². The van der Waals surface area contributed by atoms with Gasteiger partial charge in [0, 0.05) is 30.1 Å². The van der Waals surface area contributed by atoms with E-state index in [-0.39, 0.29) is 23.7 Å². The predicted octanol–water partition coefficient (Wildman–Crippen LogP) is 4.64. The number of likely N-dealkylation sites (tertiary alicyclic amines) is 1. The van der Waals surface area contributed by atoms with Crippen molar-refractivity contribution in [1.82, 2.24) is 4.90 Å². The number of methoxy groups -OCH3 is 1. The first-order valence-corrected chi connectivity index (χ1v) is 11.5. The minimum Gasteiger partial charge on any atom is -0.493 e. The normalized spacial score (nSPS) is 16.0. The molecule has 1 saturated heterocycles. The van der Waals surface area contributed by atoms with Crippen molar-refractivity contribution < 1.29 is 28.5 Å². The molecule has 2 aliphatic heterocycles. The lowest BCUT2D eigenvalue weighted by atomic mass is 9.88. The number of amides is 1. The predicted molar refractivity (Wildman–Crippen MR) is 124 cm³/mol. The molecule has 0 unspecified atom stereocenters. The van der Waals surface area contributed by atoms with Crippen LogP contribution in [0, 0.1) is 5.92 Å². The van der Waals surface area contributed by atoms with E-state index < -0.39 is 0 Å². The van der Waals surface area contributed by atoms with Crippen LogP contribution < -0.4 is 18.9 Å². The maximum Gasteiger partial charge on any atom is 0.254 e. The van der Waals surface area contributed by atoms with Crippen LogP contribution >= 0.6 is 11.6 Å². The van der Waals surface area contributed by atoms with Gasteiger partial charge in [-0.05, 0) is 57.0 Å². The lowest BCUT2D eigenvalue weighted by molar-refractivity contribution is 0.0649. The van der Waals surface area contributed by atoms with Crippen molar-refractivity contribution in [2.75, 3.05) is 33.4 Å². The van der Waals surface area contributed by atoms with Crippen LogP contribution in [0.3, 0.4) is 0 Å². The molecule has 2 aromatic carbocycles. The molecule has 0 N–H and O–H groups in total. The zero-order valence-electron chi connectivity index (χ0n) is 19.1. The van der Waals surface area contributed by atoms with Gasteiger partial charge in [-0.1, -0.05) is 11.6 Å². The molecule has 2 aliphatic rings. The van der Waals surface area contributed by atoms with Crippen LogP contribution in [-0.4, -0.2) is 56.1 Å². The quantitative estimate of drug-likeness (QED) is 0.569. The van der Waals surface area contributed by atoms with Crippen molar-refractivity contribution in [3.05, 3.63) is 46.5 Å². The van der Waals surface area contributed by atoms with Gasteiger partial charge in [0.25, 0.3) is 5.91 Å². The highest BCUT2D eigenvalue weighted by Gasteiger charge is 2.30. The molecule has 176 valence electrons. The number of rotatable bonds is 6. The molecule has 7 nitrogen and oxygen atoms in total. The molecule has 2 heterocycles. The summed E-state index contributed by atoms with van der Waals surface area (Å²) >= 11 is 6.38. The number of carbonyl (C=O) groups is 2. The van der Waals surface area contributed by atoms with E-state index in [4.69, 9.17) is 30.5 Å². The van der Waals surface area contributed by atoms with Crippen LogP contribution in [0.2, 0.25) is 5.02 Å². The first kappa shape index (κ1) is 23.2. The van der Waals surface area contributed by atoms with Gasteiger partial charge >= 0.3 is 0 Å². The fraction of sp³-hybridized carbons (Fsp3) is 0.440. The van der Waals surface area contributed by atoms with Crippen LogP contribution in [-0.2, 0) is 0 Å². The van der Waals surface area contributed by atoms with E-state index in [1.54, 1.807) is 35.2 Å². The Hall–Kier alpha value is -2.93. The topological polar surface area (TPSA) is 74.3 Å². The van der Waals surface area contributed by atoms with Crippen LogP contribution in [0.1, 0.15) is 47.4 Å². The molecule has 2 aromatic rings. The number of nitrogens with zero attached hydrogens (tertiary/aromatic N) is 1. The Morgan fingerprint density at radius 1 is 1.03 bits per heavy atom. The highest BCUT2D eigenvalue weighted by Crippen LogP contribution is 2.38. The molecular formula is C25H28ClNO6. The van der Waals surface area contributed by atoms with Crippen LogP contribution in [0.5, 0.6) is 23.0 Å². The third-order valence-corrected chi connectivity index (χ3v) is 6.09. The monoisotopic (exact) mass is 473 g/mol. The third kappa shape index (κ3) is 5.03. The number of hydrogen-bond donors (Lipinski definition) is 0. The average molecular weight is 474 g/mol. The molecule has 0 bridgehead atoms. The van der Waals surface area contributed by atoms with Gasteiger partial charge in [0.05, 0.1) is 18.2 Å². The summed E-state index contributed by atoms with van der Waals surface area (Å²) in [4.78, 5) is 27.9. The molecule has 1 amide bonds. The van der Waals surface area contributed by atoms with Crippen molar-refractivity contribution in [2.45, 2.75) is 32.8 Å². The van der Waals surface area contributed by atoms with Crippen molar-refractivity contribution in [1.29, 1.82) is 0 Å². The molecular weight excluding hydrogens is 446 g/mol. The number of fused-ring (bicyclic) bond motifs is 1. The number of benzene rings is 2. The second-order valence-corrected chi connectivity index (χ2v) is 8.85. The minimum absolute atomic E-state index is 0.0685. The van der Waals surface area contributed by atoms with Crippen LogP contribution in [0.15, 0.2) is 30.3 Å². The number of halogens is 1. The fourth-order valence-corrected chi connectivity index (χ4v) is 4.41. The molecule has 8 heteroatoms. The standard InChI is InChI=1S/C25H28ClNO6/c1-15(2)33-24-19(26)12-18(14-22(24)30-3)25(29)27-8-6-16(7-9-27)23(28)17-4-5-20-21(13-17)32-11-10-31-20/h4-5,12-16H,6-11H2,1-3H3. The molecule has 0 saturated carbocycles. The van der Waals surface area contributed by atoms with Crippen LogP contribution in [0.4, 0.5) is 0 Å². The molecule has 0 aliphatic carbocycles. The SMILES string of the molecule is COc1cc(C(=O)N2CCC(C(=O)c3ccc4c(c3)OCCO4)CC2)cc(Cl)c1OC(C)C. The van der Waals surface area contributed by atoms with Crippen molar-refractivity contribution in [3.8, 4) is 23.0 Å². The zero-order valence-corrected chi connectivity index (χ0v) is 19.8. The van der Waals surface area contributed by atoms with E-state index in [0.717, 1.165) is 0 Å². The first-order valence-electron chi connectivity index (χ1n) is 11.1. The summed E-state index contributed by atoms with van der Waals surface area (Å²) in [5, 5.41) is 0.329. The summed E-state index contributed by atoms with van der Waals surface area (Å²) in [5.41, 5.74) is 1.05. The summed E-state index contributed by atoms with van der Waals surface area (Å²) in [7, 11) is 1.52. The van der Waals surface area contributed by atoms with Gasteiger partial charge in [-0.2, -0.15) is 0 Å². The number of Topliss-reactive ketones (excluding diaryl/α,β-unsaturated/α-hetero) is 1. The molecule has 33 heavy (non-hydrogen) atoms. The highest BCUT2D eigenvalue weighted by atomic mass is 35.5. The fourth-order valence-electron chi connectivity index (χ4n) is 4.15. The smallest absolute Gasteiger partial charge is 0.254 e. The van der Waals surface area contributed by atoms with Gasteiger partial charge in [-0.25, -0.2) is 0 Å². The van der Waals surface area contributed by atoms with Gasteiger partial charge in [-0.3, -0.25) is 9.59 Å². The Balaban J connectivity index is 1.42. The van der Waals surface area contributed by atoms with Crippen molar-refractivity contribution in [3.63, 3.8) is 0 Å². The Labute approximate surface area is 198 Å². The lowest BCUT2D eigenvalue weighted by Crippen LogP contribution is -2.40. The van der Waals surface area contributed by atoms with E-state index in [1.807, 2.05) is 13.8 Å². The Bertz CT molecular complexity index is 1050. The van der Waals surface area contributed by atoms with Gasteiger partial charge in [0.2, 0.25) is 0 Å². The van der Waals surface area contributed by atoms with E-state index in [1.165, 1.54) is 7.11 Å². The molecule has 0 radical (unpaired) electrons. The summed E-state index contributed by atoms with van der Waals surface area (Å²) in [6.07, 6.45) is 1.11. The Morgan fingerprint density at radius 3 is 2.39 bits per heavy atom. The average Bonchev–Trinajstić information content (AvgIpc) is 2.83. The number of ketones is 1. The number of piperidine rings is 1. The molecule has 0 aromatic heterocycles. The minimum atomic E-state index is -0.142. The van der Waals surface area contributed by atoms with Crippen LogP contribution in [0.25, 0.3) is 0 Å². The second-order valence-electron chi connectivity index (χ2n) is 8.45. The summed E-state index contributed by atoms with van der Waals surface area (Å²) < 4.78 is 22.3. The van der Waals surface area contributed by atoms with Gasteiger partial charge in [-0.15, -0.1) is 0 Å². The third-order valence-electron chi connectivity index (χ3n) is 5.81. The Morgan fingerprint density at radius 2 is 1.73 bits per heavy atom. The maximum atomic E-state index is 13.1. The van der Waals surface area contributed by atoms with Crippen molar-refractivity contribution in [2.24, 2.45) is 5.92 Å². The van der Waals surface area contributed by atoms with Gasteiger partial charge in [0.15, 0.2) is 28.8 Å². The highest BCUT2D eigenvalue weighted by molar-refractivity contribution is 6.32. The molecule has 0 spiro atoms. The number of hydrogen-bond acceptors (Lipinski definition) is 6. The largest absolute Gasteiger partial charge is 0.493 e. The molecule has 0 atom stereocenters. The number of carbonyl (C=O) groups excluding carboxylic acids is 2.